The Hall–Kier alpha value is -0.340. The van der Waals surface area contributed by atoms with Crippen LogP contribution in [0.1, 0.15) is 25.7 Å². The van der Waals surface area contributed by atoms with Crippen LogP contribution in [0.15, 0.2) is 11.6 Å². The minimum Gasteiger partial charge on any atom is -0.330 e. The van der Waals surface area contributed by atoms with Crippen LogP contribution in [0, 0.1) is 17.8 Å². The van der Waals surface area contributed by atoms with Crippen LogP contribution in [0.2, 0.25) is 0 Å². The predicted octanol–water partition coefficient (Wildman–Crippen LogP) is 1.27. The Morgan fingerprint density at radius 1 is 1.23 bits per heavy atom. The summed E-state index contributed by atoms with van der Waals surface area (Å²) in [6.07, 6.45) is 7.58. The average Bonchev–Trinajstić information content (AvgIpc) is 2.64. The van der Waals surface area contributed by atoms with Crippen molar-refractivity contribution in [3.05, 3.63) is 11.6 Å². The minimum absolute atomic E-state index is 0.810. The minimum atomic E-state index is 0.810. The first-order valence-electron chi connectivity index (χ1n) is 5.46. The molecule has 1 fully saturated rings. The van der Waals surface area contributed by atoms with E-state index in [1.807, 2.05) is 0 Å². The second-order valence-corrected chi connectivity index (χ2v) is 4.46. The van der Waals surface area contributed by atoms with Crippen molar-refractivity contribution in [2.45, 2.75) is 25.7 Å². The van der Waals surface area contributed by atoms with Crippen molar-refractivity contribution in [2.24, 2.45) is 29.2 Å². The van der Waals surface area contributed by atoms with E-state index in [1.165, 1.54) is 19.3 Å². The van der Waals surface area contributed by atoms with Gasteiger partial charge in [-0.2, -0.15) is 0 Å². The SMILES string of the molecule is NCCC1=CC2CC(CCN)C1C2. The number of fused-ring (bicyclic) bond motifs is 2. The lowest BCUT2D eigenvalue weighted by atomic mass is 9.84. The summed E-state index contributed by atoms with van der Waals surface area (Å²) in [6, 6.07) is 0. The van der Waals surface area contributed by atoms with Crippen molar-refractivity contribution in [3.63, 3.8) is 0 Å². The molecule has 3 atom stereocenters. The molecule has 0 aliphatic heterocycles. The van der Waals surface area contributed by atoms with Crippen LogP contribution >= 0.6 is 0 Å². The van der Waals surface area contributed by atoms with Gasteiger partial charge in [-0.1, -0.05) is 11.6 Å². The van der Waals surface area contributed by atoms with Gasteiger partial charge in [-0.25, -0.2) is 0 Å². The maximum absolute atomic E-state index is 5.62. The first kappa shape index (κ1) is 9.22. The van der Waals surface area contributed by atoms with Crippen LogP contribution in [0.3, 0.4) is 0 Å². The van der Waals surface area contributed by atoms with E-state index in [0.29, 0.717) is 0 Å². The highest BCUT2D eigenvalue weighted by Crippen LogP contribution is 2.49. The van der Waals surface area contributed by atoms with E-state index in [9.17, 15) is 0 Å². The molecule has 1 saturated carbocycles. The molecule has 2 rings (SSSR count). The number of rotatable bonds is 4. The maximum Gasteiger partial charge on any atom is -0.00398 e. The molecule has 0 spiro atoms. The van der Waals surface area contributed by atoms with Gasteiger partial charge < -0.3 is 11.5 Å². The summed E-state index contributed by atoms with van der Waals surface area (Å²) >= 11 is 0. The lowest BCUT2D eigenvalue weighted by Gasteiger charge is -2.22. The average molecular weight is 180 g/mol. The van der Waals surface area contributed by atoms with E-state index in [-0.39, 0.29) is 0 Å². The molecule has 4 N–H and O–H groups in total. The molecular weight excluding hydrogens is 160 g/mol. The molecule has 0 aromatic carbocycles. The Kier molecular flexibility index (Phi) is 2.70. The molecule has 2 nitrogen and oxygen atoms in total. The zero-order chi connectivity index (χ0) is 9.26. The van der Waals surface area contributed by atoms with Crippen molar-refractivity contribution < 1.29 is 0 Å². The van der Waals surface area contributed by atoms with E-state index in [0.717, 1.165) is 37.3 Å². The van der Waals surface area contributed by atoms with E-state index < -0.39 is 0 Å². The monoisotopic (exact) mass is 180 g/mol. The van der Waals surface area contributed by atoms with Gasteiger partial charge in [-0.3, -0.25) is 0 Å². The Balaban J connectivity index is 1.98. The predicted molar refractivity (Wildman–Crippen MR) is 55.1 cm³/mol. The third kappa shape index (κ3) is 1.65. The fourth-order valence-electron chi connectivity index (χ4n) is 3.15. The first-order valence-corrected chi connectivity index (χ1v) is 5.46. The van der Waals surface area contributed by atoms with Crippen LogP contribution in [0.4, 0.5) is 0 Å². The van der Waals surface area contributed by atoms with E-state index in [2.05, 4.69) is 6.08 Å². The van der Waals surface area contributed by atoms with Gasteiger partial charge in [0.25, 0.3) is 0 Å². The first-order chi connectivity index (χ1) is 6.35. The Morgan fingerprint density at radius 2 is 2.08 bits per heavy atom. The van der Waals surface area contributed by atoms with Gasteiger partial charge >= 0.3 is 0 Å². The van der Waals surface area contributed by atoms with Crippen molar-refractivity contribution in [2.75, 3.05) is 13.1 Å². The van der Waals surface area contributed by atoms with Crippen LogP contribution in [0.5, 0.6) is 0 Å². The van der Waals surface area contributed by atoms with Gasteiger partial charge in [0.05, 0.1) is 0 Å². The van der Waals surface area contributed by atoms with E-state index in [1.54, 1.807) is 5.57 Å². The molecule has 3 unspecified atom stereocenters. The zero-order valence-electron chi connectivity index (χ0n) is 8.21. The van der Waals surface area contributed by atoms with Gasteiger partial charge in [0.1, 0.15) is 0 Å². The van der Waals surface area contributed by atoms with Gasteiger partial charge in [0.15, 0.2) is 0 Å². The summed E-state index contributed by atoms with van der Waals surface area (Å²) in [5, 5.41) is 0. The van der Waals surface area contributed by atoms with Crippen LogP contribution in [0.25, 0.3) is 0 Å². The lowest BCUT2D eigenvalue weighted by molar-refractivity contribution is 0.398. The molecule has 2 heteroatoms. The Labute approximate surface area is 80.4 Å². The van der Waals surface area contributed by atoms with Crippen molar-refractivity contribution >= 4 is 0 Å². The number of hydrogen-bond donors (Lipinski definition) is 2. The van der Waals surface area contributed by atoms with Crippen molar-refractivity contribution in [3.8, 4) is 0 Å². The fourth-order valence-corrected chi connectivity index (χ4v) is 3.15. The third-order valence-electron chi connectivity index (χ3n) is 3.63. The molecule has 0 saturated heterocycles. The van der Waals surface area contributed by atoms with Gasteiger partial charge in [0.2, 0.25) is 0 Å². The molecule has 13 heavy (non-hydrogen) atoms. The molecule has 0 heterocycles. The standard InChI is InChI=1S/C11H20N2/c12-3-1-9-5-8-6-10(2-4-13)11(9)7-8/h5,8,10-11H,1-4,6-7,12-13H2. The van der Waals surface area contributed by atoms with Crippen LogP contribution in [-0.4, -0.2) is 13.1 Å². The van der Waals surface area contributed by atoms with Crippen molar-refractivity contribution in [1.29, 1.82) is 0 Å². The van der Waals surface area contributed by atoms with Crippen molar-refractivity contribution in [1.82, 2.24) is 0 Å². The summed E-state index contributed by atoms with van der Waals surface area (Å²) in [5.74, 6) is 2.58. The Morgan fingerprint density at radius 3 is 2.69 bits per heavy atom. The normalized spacial score (nSPS) is 36.8. The highest BCUT2D eigenvalue weighted by atomic mass is 14.6. The zero-order valence-corrected chi connectivity index (χ0v) is 8.21. The van der Waals surface area contributed by atoms with Gasteiger partial charge in [-0.15, -0.1) is 0 Å². The number of nitrogens with two attached hydrogens (primary N) is 2. The van der Waals surface area contributed by atoms with Gasteiger partial charge in [0, 0.05) is 0 Å². The van der Waals surface area contributed by atoms with Crippen LogP contribution < -0.4 is 11.5 Å². The summed E-state index contributed by atoms with van der Waals surface area (Å²) in [6.45, 7) is 1.66. The maximum atomic E-state index is 5.62. The molecule has 0 aromatic heterocycles. The topological polar surface area (TPSA) is 52.0 Å². The van der Waals surface area contributed by atoms with Gasteiger partial charge in [-0.05, 0) is 56.5 Å². The molecule has 0 aromatic rings. The number of allylic oxidation sites excluding steroid dienone is 1. The third-order valence-corrected chi connectivity index (χ3v) is 3.63. The fraction of sp³-hybridized carbons (Fsp3) is 0.818. The van der Waals surface area contributed by atoms with Crippen LogP contribution in [-0.2, 0) is 0 Å². The quantitative estimate of drug-likeness (QED) is 0.640. The summed E-state index contributed by atoms with van der Waals surface area (Å²) in [4.78, 5) is 0. The molecular formula is C11H20N2. The Bertz CT molecular complexity index is 210. The summed E-state index contributed by atoms with van der Waals surface area (Å²) < 4.78 is 0. The number of hydrogen-bond acceptors (Lipinski definition) is 2. The van der Waals surface area contributed by atoms with E-state index >= 15 is 0 Å². The molecule has 2 aliphatic rings. The smallest absolute Gasteiger partial charge is 0.00398 e. The molecule has 2 bridgehead atoms. The summed E-state index contributed by atoms with van der Waals surface area (Å²) in [7, 11) is 0. The molecule has 74 valence electrons. The second-order valence-electron chi connectivity index (χ2n) is 4.46. The van der Waals surface area contributed by atoms with E-state index in [4.69, 9.17) is 11.5 Å². The molecule has 2 aliphatic carbocycles. The largest absolute Gasteiger partial charge is 0.330 e. The second kappa shape index (κ2) is 3.81. The molecule has 0 radical (unpaired) electrons. The highest BCUT2D eigenvalue weighted by Gasteiger charge is 2.39. The summed E-state index contributed by atoms with van der Waals surface area (Å²) in [5.41, 5.74) is 12.8. The highest BCUT2D eigenvalue weighted by molar-refractivity contribution is 5.21. The lowest BCUT2D eigenvalue weighted by Crippen LogP contribution is -2.17. The molecule has 0 amide bonds.